The maximum atomic E-state index is 11.3. The van der Waals surface area contributed by atoms with Gasteiger partial charge in [0.2, 0.25) is 0 Å². The summed E-state index contributed by atoms with van der Waals surface area (Å²) in [7, 11) is 0. The highest BCUT2D eigenvalue weighted by molar-refractivity contribution is 5.89. The summed E-state index contributed by atoms with van der Waals surface area (Å²) in [5.41, 5.74) is 5.50. The van der Waals surface area contributed by atoms with Crippen LogP contribution in [0.15, 0.2) is 24.3 Å². The van der Waals surface area contributed by atoms with Gasteiger partial charge in [-0.1, -0.05) is 0 Å². The molecule has 0 radical (unpaired) electrons. The monoisotopic (exact) mass is 237 g/mol. The Morgan fingerprint density at radius 3 is 2.35 bits per heavy atom. The standard InChI is InChI=1S/C12H15NO4/c1-3-16-12(15)9-4-6-10(7-5-9)17-8(2)11(13)14/h4-8H,3H2,1-2H3,(H2,13,14)/t8-/m0/s1. The Bertz CT molecular complexity index is 399. The van der Waals surface area contributed by atoms with Gasteiger partial charge in [-0.15, -0.1) is 0 Å². The van der Waals surface area contributed by atoms with E-state index >= 15 is 0 Å². The molecule has 2 N–H and O–H groups in total. The molecular weight excluding hydrogens is 222 g/mol. The Morgan fingerprint density at radius 2 is 1.88 bits per heavy atom. The number of hydrogen-bond donors (Lipinski definition) is 1. The molecule has 0 aliphatic carbocycles. The van der Waals surface area contributed by atoms with Gasteiger partial charge in [0.15, 0.2) is 6.10 Å². The molecule has 1 aromatic carbocycles. The molecule has 17 heavy (non-hydrogen) atoms. The van der Waals surface area contributed by atoms with Crippen LogP contribution in [-0.4, -0.2) is 24.6 Å². The lowest BCUT2D eigenvalue weighted by molar-refractivity contribution is -0.123. The van der Waals surface area contributed by atoms with Crippen molar-refractivity contribution in [3.8, 4) is 5.75 Å². The van der Waals surface area contributed by atoms with Gasteiger partial charge < -0.3 is 15.2 Å². The van der Waals surface area contributed by atoms with Crippen LogP contribution >= 0.6 is 0 Å². The number of hydrogen-bond acceptors (Lipinski definition) is 4. The van der Waals surface area contributed by atoms with Crippen LogP contribution < -0.4 is 10.5 Å². The van der Waals surface area contributed by atoms with Gasteiger partial charge in [0.05, 0.1) is 12.2 Å². The number of carbonyl (C=O) groups is 2. The summed E-state index contributed by atoms with van der Waals surface area (Å²) in [5, 5.41) is 0. The lowest BCUT2D eigenvalue weighted by Crippen LogP contribution is -2.30. The highest BCUT2D eigenvalue weighted by atomic mass is 16.5. The molecule has 0 fully saturated rings. The lowest BCUT2D eigenvalue weighted by atomic mass is 10.2. The first-order valence-electron chi connectivity index (χ1n) is 5.27. The predicted molar refractivity (Wildman–Crippen MR) is 61.7 cm³/mol. The second-order valence-corrected chi connectivity index (χ2v) is 3.41. The van der Waals surface area contributed by atoms with Crippen molar-refractivity contribution >= 4 is 11.9 Å². The second kappa shape index (κ2) is 5.89. The van der Waals surface area contributed by atoms with Gasteiger partial charge in [0.1, 0.15) is 5.75 Å². The SMILES string of the molecule is CCOC(=O)c1ccc(O[C@@H](C)C(N)=O)cc1. The molecule has 5 nitrogen and oxygen atoms in total. The third-order valence-electron chi connectivity index (χ3n) is 2.08. The highest BCUT2D eigenvalue weighted by Crippen LogP contribution is 2.14. The van der Waals surface area contributed by atoms with Crippen LogP contribution in [0.25, 0.3) is 0 Å². The highest BCUT2D eigenvalue weighted by Gasteiger charge is 2.11. The van der Waals surface area contributed by atoms with Crippen molar-refractivity contribution in [1.29, 1.82) is 0 Å². The second-order valence-electron chi connectivity index (χ2n) is 3.41. The van der Waals surface area contributed by atoms with Gasteiger partial charge in [-0.2, -0.15) is 0 Å². The number of esters is 1. The Balaban J connectivity index is 2.68. The van der Waals surface area contributed by atoms with Crippen LogP contribution in [0, 0.1) is 0 Å². The molecule has 1 aromatic rings. The minimum Gasteiger partial charge on any atom is -0.481 e. The van der Waals surface area contributed by atoms with Gasteiger partial charge in [-0.3, -0.25) is 4.79 Å². The molecule has 0 bridgehead atoms. The maximum Gasteiger partial charge on any atom is 0.338 e. The van der Waals surface area contributed by atoms with Gasteiger partial charge in [0.25, 0.3) is 5.91 Å². The molecule has 0 heterocycles. The fraction of sp³-hybridized carbons (Fsp3) is 0.333. The third-order valence-corrected chi connectivity index (χ3v) is 2.08. The molecular formula is C12H15NO4. The van der Waals surface area contributed by atoms with Crippen molar-refractivity contribution in [1.82, 2.24) is 0 Å². The van der Waals surface area contributed by atoms with Crippen molar-refractivity contribution in [2.24, 2.45) is 5.73 Å². The van der Waals surface area contributed by atoms with Crippen LogP contribution in [0.1, 0.15) is 24.2 Å². The first-order chi connectivity index (χ1) is 8.04. The molecule has 92 valence electrons. The third kappa shape index (κ3) is 3.79. The average Bonchev–Trinajstić information content (AvgIpc) is 2.30. The van der Waals surface area contributed by atoms with Gasteiger partial charge in [-0.05, 0) is 38.1 Å². The summed E-state index contributed by atoms with van der Waals surface area (Å²) >= 11 is 0. The zero-order valence-corrected chi connectivity index (χ0v) is 9.80. The van der Waals surface area contributed by atoms with Crippen LogP contribution in [0.3, 0.4) is 0 Å². The molecule has 0 unspecified atom stereocenters. The van der Waals surface area contributed by atoms with Crippen molar-refractivity contribution in [3.05, 3.63) is 29.8 Å². The Labute approximate surface area is 99.5 Å². The van der Waals surface area contributed by atoms with E-state index in [4.69, 9.17) is 15.2 Å². The first kappa shape index (κ1) is 13.0. The number of carbonyl (C=O) groups excluding carboxylic acids is 2. The fourth-order valence-electron chi connectivity index (χ4n) is 1.15. The van der Waals surface area contributed by atoms with Crippen molar-refractivity contribution in [2.75, 3.05) is 6.61 Å². The van der Waals surface area contributed by atoms with E-state index in [0.717, 1.165) is 0 Å². The number of amides is 1. The predicted octanol–water partition coefficient (Wildman–Crippen LogP) is 1.12. The van der Waals surface area contributed by atoms with Crippen LogP contribution in [0.5, 0.6) is 5.75 Å². The van der Waals surface area contributed by atoms with E-state index in [2.05, 4.69) is 0 Å². The topological polar surface area (TPSA) is 78.6 Å². The molecule has 1 atom stereocenters. The Morgan fingerprint density at radius 1 is 1.29 bits per heavy atom. The molecule has 0 saturated heterocycles. The summed E-state index contributed by atoms with van der Waals surface area (Å²) in [5.74, 6) is -0.453. The quantitative estimate of drug-likeness (QED) is 0.778. The normalized spacial score (nSPS) is 11.6. The molecule has 0 saturated carbocycles. The minimum absolute atomic E-state index is 0.329. The summed E-state index contributed by atoms with van der Waals surface area (Å²) in [4.78, 5) is 22.1. The van der Waals surface area contributed by atoms with Crippen LogP contribution in [0.2, 0.25) is 0 Å². The zero-order valence-electron chi connectivity index (χ0n) is 9.80. The largest absolute Gasteiger partial charge is 0.481 e. The van der Waals surface area contributed by atoms with E-state index in [0.29, 0.717) is 17.9 Å². The van der Waals surface area contributed by atoms with Crippen molar-refractivity contribution in [2.45, 2.75) is 20.0 Å². The van der Waals surface area contributed by atoms with E-state index in [1.54, 1.807) is 38.1 Å². The molecule has 0 aliphatic heterocycles. The summed E-state index contributed by atoms with van der Waals surface area (Å²) in [6.07, 6.45) is -0.705. The van der Waals surface area contributed by atoms with E-state index < -0.39 is 12.0 Å². The van der Waals surface area contributed by atoms with Crippen molar-refractivity contribution in [3.63, 3.8) is 0 Å². The minimum atomic E-state index is -0.705. The van der Waals surface area contributed by atoms with E-state index in [1.807, 2.05) is 0 Å². The number of rotatable bonds is 5. The van der Waals surface area contributed by atoms with E-state index in [-0.39, 0.29) is 5.97 Å². The molecule has 5 heteroatoms. The number of primary amides is 1. The molecule has 0 aliphatic rings. The number of nitrogens with two attached hydrogens (primary N) is 1. The van der Waals surface area contributed by atoms with Crippen LogP contribution in [-0.2, 0) is 9.53 Å². The molecule has 0 spiro atoms. The van der Waals surface area contributed by atoms with Crippen molar-refractivity contribution < 1.29 is 19.1 Å². The number of benzene rings is 1. The zero-order chi connectivity index (χ0) is 12.8. The average molecular weight is 237 g/mol. The molecule has 1 rings (SSSR count). The Kier molecular flexibility index (Phi) is 4.51. The Hall–Kier alpha value is -2.04. The maximum absolute atomic E-state index is 11.3. The van der Waals surface area contributed by atoms with Gasteiger partial charge >= 0.3 is 5.97 Å². The lowest BCUT2D eigenvalue weighted by Gasteiger charge is -2.11. The summed E-state index contributed by atoms with van der Waals surface area (Å²) < 4.78 is 10.1. The van der Waals surface area contributed by atoms with E-state index in [1.165, 1.54) is 0 Å². The number of ether oxygens (including phenoxy) is 2. The smallest absolute Gasteiger partial charge is 0.338 e. The summed E-state index contributed by atoms with van der Waals surface area (Å²) in [6.45, 7) is 3.63. The van der Waals surface area contributed by atoms with E-state index in [9.17, 15) is 9.59 Å². The van der Waals surface area contributed by atoms with Gasteiger partial charge in [-0.25, -0.2) is 4.79 Å². The van der Waals surface area contributed by atoms with Crippen LogP contribution in [0.4, 0.5) is 0 Å². The first-order valence-corrected chi connectivity index (χ1v) is 5.27. The fourth-order valence-corrected chi connectivity index (χ4v) is 1.15. The van der Waals surface area contributed by atoms with Gasteiger partial charge in [0, 0.05) is 0 Å². The molecule has 1 amide bonds. The molecule has 0 aromatic heterocycles. The summed E-state index contributed by atoms with van der Waals surface area (Å²) in [6, 6.07) is 6.32.